The first-order chi connectivity index (χ1) is 25.6. The summed E-state index contributed by atoms with van der Waals surface area (Å²) >= 11 is 13.6. The molecule has 3 aliphatic rings. The van der Waals surface area contributed by atoms with Gasteiger partial charge in [0.25, 0.3) is 0 Å². The number of benzene rings is 4. The van der Waals surface area contributed by atoms with Gasteiger partial charge in [-0.15, -0.1) is 0 Å². The number of aromatic nitrogens is 4. The molecule has 6 aromatic rings. The molecule has 3 fully saturated rings. The van der Waals surface area contributed by atoms with Crippen molar-refractivity contribution >= 4 is 56.6 Å². The predicted octanol–water partition coefficient (Wildman–Crippen LogP) is 8.69. The van der Waals surface area contributed by atoms with Gasteiger partial charge in [-0.1, -0.05) is 53.5 Å². The summed E-state index contributed by atoms with van der Waals surface area (Å²) in [6, 6.07) is 25.5. The van der Waals surface area contributed by atoms with Crippen LogP contribution in [-0.2, 0) is 0 Å². The van der Waals surface area contributed by atoms with Crippen LogP contribution in [0.5, 0.6) is 0 Å². The van der Waals surface area contributed by atoms with E-state index in [1.54, 1.807) is 15.2 Å². The number of nitrogens with one attached hydrogen (secondary N) is 2. The zero-order valence-electron chi connectivity index (χ0n) is 29.6. The first-order valence-electron chi connectivity index (χ1n) is 18.4. The van der Waals surface area contributed by atoms with Crippen molar-refractivity contribution in [1.82, 2.24) is 19.1 Å². The Labute approximate surface area is 316 Å². The molecule has 0 amide bonds. The fourth-order valence-corrected chi connectivity index (χ4v) is 8.37. The maximum Gasteiger partial charge on any atom is 0.354 e. The number of aliphatic hydroxyl groups excluding tert-OH is 1. The molecule has 3 aliphatic carbocycles. The quantitative estimate of drug-likeness (QED) is 0.129. The average molecular weight is 748 g/mol. The minimum absolute atomic E-state index is 0.0908. The minimum Gasteiger partial charge on any atom is -0.394 e. The van der Waals surface area contributed by atoms with E-state index in [0.717, 1.165) is 71.5 Å². The molecule has 3 atom stereocenters. The summed E-state index contributed by atoms with van der Waals surface area (Å²) in [5.41, 5.74) is 5.12. The molecule has 11 heteroatoms. The van der Waals surface area contributed by atoms with Crippen molar-refractivity contribution in [2.24, 2.45) is 0 Å². The molecule has 53 heavy (non-hydrogen) atoms. The van der Waals surface area contributed by atoms with Crippen LogP contribution in [0, 0.1) is 0 Å². The zero-order valence-corrected chi connectivity index (χ0v) is 31.1. The maximum atomic E-state index is 13.9. The molecule has 0 aliphatic heterocycles. The molecule has 270 valence electrons. The molecule has 9 nitrogen and oxygen atoms in total. The van der Waals surface area contributed by atoms with Crippen molar-refractivity contribution in [3.8, 4) is 11.4 Å². The second-order valence-electron chi connectivity index (χ2n) is 15.4. The number of halogens is 2. The summed E-state index contributed by atoms with van der Waals surface area (Å²) in [7, 11) is 0. The van der Waals surface area contributed by atoms with E-state index in [9.17, 15) is 14.7 Å². The molecule has 9 rings (SSSR count). The highest BCUT2D eigenvalue weighted by atomic mass is 35.5. The van der Waals surface area contributed by atoms with E-state index >= 15 is 0 Å². The van der Waals surface area contributed by atoms with Crippen molar-refractivity contribution in [2.45, 2.75) is 81.7 Å². The lowest BCUT2D eigenvalue weighted by Gasteiger charge is -2.39. The Balaban J connectivity index is 1.12. The molecular formula is C42H40Cl2N6O3. The van der Waals surface area contributed by atoms with Crippen LogP contribution in [0.4, 0.5) is 11.6 Å². The van der Waals surface area contributed by atoms with Gasteiger partial charge >= 0.3 is 11.4 Å². The van der Waals surface area contributed by atoms with Gasteiger partial charge in [-0.3, -0.25) is 9.13 Å². The summed E-state index contributed by atoms with van der Waals surface area (Å²) < 4.78 is 3.25. The lowest BCUT2D eigenvalue weighted by molar-refractivity contribution is 0.281. The van der Waals surface area contributed by atoms with Gasteiger partial charge in [0.2, 0.25) is 0 Å². The van der Waals surface area contributed by atoms with E-state index in [2.05, 4.69) is 57.9 Å². The van der Waals surface area contributed by atoms with E-state index in [1.165, 1.54) is 5.56 Å². The van der Waals surface area contributed by atoms with Crippen LogP contribution in [0.3, 0.4) is 0 Å². The van der Waals surface area contributed by atoms with Crippen molar-refractivity contribution in [2.75, 3.05) is 17.2 Å². The zero-order chi connectivity index (χ0) is 36.6. The number of nitrogens with zero attached hydrogens (tertiary/aromatic N) is 4. The third kappa shape index (κ3) is 6.18. The van der Waals surface area contributed by atoms with Crippen molar-refractivity contribution in [3.05, 3.63) is 127 Å². The minimum atomic E-state index is -0.439. The van der Waals surface area contributed by atoms with Crippen LogP contribution in [-0.4, -0.2) is 42.4 Å². The van der Waals surface area contributed by atoms with Crippen molar-refractivity contribution in [1.29, 1.82) is 0 Å². The monoisotopic (exact) mass is 746 g/mol. The summed E-state index contributed by atoms with van der Waals surface area (Å²) in [6.45, 7) is 3.93. The van der Waals surface area contributed by atoms with E-state index < -0.39 is 5.69 Å². The largest absolute Gasteiger partial charge is 0.394 e. The molecule has 0 spiro atoms. The summed E-state index contributed by atoms with van der Waals surface area (Å²) in [5, 5.41) is 19.1. The molecule has 0 saturated heterocycles. The molecule has 3 N–H and O–H groups in total. The van der Waals surface area contributed by atoms with Gasteiger partial charge < -0.3 is 15.7 Å². The van der Waals surface area contributed by atoms with Crippen LogP contribution < -0.4 is 22.0 Å². The van der Waals surface area contributed by atoms with Gasteiger partial charge in [0, 0.05) is 22.4 Å². The van der Waals surface area contributed by atoms with E-state index in [-0.39, 0.29) is 35.7 Å². The van der Waals surface area contributed by atoms with Crippen LogP contribution in [0.2, 0.25) is 10.0 Å². The van der Waals surface area contributed by atoms with Gasteiger partial charge in [0.15, 0.2) is 0 Å². The highest BCUT2D eigenvalue weighted by Gasteiger charge is 2.40. The molecule has 2 heterocycles. The molecule has 2 aromatic heterocycles. The third-order valence-corrected chi connectivity index (χ3v) is 12.0. The highest BCUT2D eigenvalue weighted by Crippen LogP contribution is 2.55. The smallest absolute Gasteiger partial charge is 0.354 e. The summed E-state index contributed by atoms with van der Waals surface area (Å²) in [5.74, 6) is 1.90. The Hall–Kier alpha value is -4.70. The van der Waals surface area contributed by atoms with Crippen LogP contribution in [0.25, 0.3) is 33.2 Å². The Morgan fingerprint density at radius 2 is 1.38 bits per heavy atom. The van der Waals surface area contributed by atoms with E-state index in [1.807, 2.05) is 49.4 Å². The molecule has 3 saturated carbocycles. The second kappa shape index (κ2) is 13.0. The number of fused-ring (bicyclic) bond motifs is 2. The van der Waals surface area contributed by atoms with Gasteiger partial charge in [0.1, 0.15) is 11.6 Å². The second-order valence-corrected chi connectivity index (χ2v) is 16.2. The number of rotatable bonds is 10. The third-order valence-electron chi connectivity index (χ3n) is 11.4. The van der Waals surface area contributed by atoms with Crippen molar-refractivity contribution < 1.29 is 5.11 Å². The fourth-order valence-electron chi connectivity index (χ4n) is 7.95. The van der Waals surface area contributed by atoms with Gasteiger partial charge in [-0.2, -0.15) is 9.97 Å². The maximum absolute atomic E-state index is 13.9. The molecule has 4 aromatic carbocycles. The highest BCUT2D eigenvalue weighted by molar-refractivity contribution is 6.32. The summed E-state index contributed by atoms with van der Waals surface area (Å²) in [4.78, 5) is 36.6. The Kier molecular flexibility index (Phi) is 8.37. The van der Waals surface area contributed by atoms with E-state index in [0.29, 0.717) is 39.0 Å². The number of para-hydroxylation sites is 1. The van der Waals surface area contributed by atoms with Crippen LogP contribution >= 0.6 is 23.2 Å². The standard InChI is InChI=1S/C42H40Cl2N6O3/c1-23(22-51)45-38-28-13-10-25(24-8-9-24)18-35(28)50(40(52)46-38)37-20-27(12-15-33(37)44)31-21-30(31)26-11-14-29-36(19-26)49(34-7-4-3-6-32(34)43)41(53)47-39(29)48-42(2)16-5-17-42/h3-4,6-7,10-15,18-20,23-24,30-31,51H,5,8-9,16-17,21-22H2,1-2H3,(H,45,46,52)(H,47,48,53)/t23-,30?,31?/m1/s1. The SMILES string of the molecule is C[C@H](CO)Nc1nc(=O)n(-c2cc(C3CC3c3ccc4c(NC5(C)CCC5)nc(=O)n(-c5ccccc5Cl)c4c3)ccc2Cl)c2cc(C3CC3)ccc12. The number of aliphatic hydroxyl groups is 1. The van der Waals surface area contributed by atoms with Gasteiger partial charge in [-0.25, -0.2) is 9.59 Å². The Morgan fingerprint density at radius 1 is 0.792 bits per heavy atom. The lowest BCUT2D eigenvalue weighted by atomic mass is 9.78. The number of anilines is 2. The fraction of sp³-hybridized carbons (Fsp3) is 0.333. The van der Waals surface area contributed by atoms with Crippen LogP contribution in [0.1, 0.15) is 86.8 Å². The normalized spacial score (nSPS) is 19.6. The average Bonchev–Trinajstić information content (AvgIpc) is 4.07. The topological polar surface area (TPSA) is 114 Å². The number of hydrogen-bond donors (Lipinski definition) is 3. The first-order valence-corrected chi connectivity index (χ1v) is 19.2. The van der Waals surface area contributed by atoms with Crippen LogP contribution in [0.15, 0.2) is 88.5 Å². The number of hydrogen-bond acceptors (Lipinski definition) is 7. The molecule has 2 unspecified atom stereocenters. The predicted molar refractivity (Wildman–Crippen MR) is 213 cm³/mol. The molecule has 0 bridgehead atoms. The Bertz CT molecular complexity index is 2560. The first kappa shape index (κ1) is 34.1. The van der Waals surface area contributed by atoms with E-state index in [4.69, 9.17) is 23.2 Å². The van der Waals surface area contributed by atoms with Gasteiger partial charge in [-0.05, 0) is 135 Å². The molecule has 0 radical (unpaired) electrons. The van der Waals surface area contributed by atoms with Crippen molar-refractivity contribution in [3.63, 3.8) is 0 Å². The lowest BCUT2D eigenvalue weighted by Crippen LogP contribution is -2.42. The summed E-state index contributed by atoms with van der Waals surface area (Å²) in [6.07, 6.45) is 6.36. The molecular weight excluding hydrogens is 707 g/mol. The van der Waals surface area contributed by atoms with Gasteiger partial charge in [0.05, 0.1) is 39.1 Å². The Morgan fingerprint density at radius 3 is 2.04 bits per heavy atom.